The van der Waals surface area contributed by atoms with E-state index in [1.807, 2.05) is 65.5 Å². The molecule has 6 N–H and O–H groups in total. The molecule has 1 aliphatic heterocycles. The standard InChI is InChI=1S/C27H28N8O5/c1-39-18-9-7-15(8-10-18)20-16(13-35(33-20)17-5-3-2-4-6-17)11-29-12-19-22(36)23(37)26(40-19)34-14-30-21-24(34)31-27(28)32-25(21)38/h2-10,13-14,19,22-23,26,29,36-37H,11-12H2,1H3,(H3,28,31,32,38)/t19-,22-,23-,26-/m1/s1. The number of imidazole rings is 1. The first-order valence-corrected chi connectivity index (χ1v) is 12.7. The fraction of sp³-hybridized carbons (Fsp3) is 0.259. The number of benzene rings is 2. The molecular formula is C27H28N8O5. The van der Waals surface area contributed by atoms with Crippen molar-refractivity contribution in [2.75, 3.05) is 19.4 Å². The summed E-state index contributed by atoms with van der Waals surface area (Å²) in [5.41, 5.74) is 8.97. The minimum Gasteiger partial charge on any atom is -0.497 e. The van der Waals surface area contributed by atoms with Gasteiger partial charge >= 0.3 is 0 Å². The van der Waals surface area contributed by atoms with E-state index in [-0.39, 0.29) is 23.7 Å². The van der Waals surface area contributed by atoms with E-state index >= 15 is 0 Å². The van der Waals surface area contributed by atoms with E-state index in [2.05, 4.69) is 20.3 Å². The Morgan fingerprint density at radius 3 is 2.65 bits per heavy atom. The quantitative estimate of drug-likeness (QED) is 0.189. The van der Waals surface area contributed by atoms with Gasteiger partial charge in [0.15, 0.2) is 17.4 Å². The van der Waals surface area contributed by atoms with E-state index < -0.39 is 30.1 Å². The Morgan fingerprint density at radius 2 is 1.90 bits per heavy atom. The molecule has 0 amide bonds. The fourth-order valence-corrected chi connectivity index (χ4v) is 4.85. The van der Waals surface area contributed by atoms with E-state index in [4.69, 9.17) is 20.3 Å². The smallest absolute Gasteiger partial charge is 0.280 e. The predicted octanol–water partition coefficient (Wildman–Crippen LogP) is 0.972. The number of aromatic nitrogens is 6. The zero-order valence-electron chi connectivity index (χ0n) is 21.5. The number of aromatic amines is 1. The van der Waals surface area contributed by atoms with E-state index in [0.29, 0.717) is 6.54 Å². The summed E-state index contributed by atoms with van der Waals surface area (Å²) >= 11 is 0. The highest BCUT2D eigenvalue weighted by Gasteiger charge is 2.44. The summed E-state index contributed by atoms with van der Waals surface area (Å²) in [5, 5.41) is 29.7. The summed E-state index contributed by atoms with van der Waals surface area (Å²) < 4.78 is 14.5. The zero-order valence-corrected chi connectivity index (χ0v) is 21.5. The number of H-pyrrole nitrogens is 1. The number of hydrogen-bond acceptors (Lipinski definition) is 10. The first-order chi connectivity index (χ1) is 19.4. The molecule has 6 rings (SSSR count). The van der Waals surface area contributed by atoms with Crippen molar-refractivity contribution in [3.8, 4) is 22.7 Å². The van der Waals surface area contributed by atoms with Gasteiger partial charge in [0.05, 0.1) is 24.8 Å². The number of nitrogens with two attached hydrogens (primary N) is 1. The topological polar surface area (TPSA) is 178 Å². The Labute approximate surface area is 227 Å². The molecule has 0 bridgehead atoms. The Hall–Kier alpha value is -4.56. The molecule has 0 aliphatic carbocycles. The molecule has 1 aliphatic rings. The van der Waals surface area contributed by atoms with Gasteiger partial charge < -0.3 is 30.7 Å². The van der Waals surface area contributed by atoms with Crippen LogP contribution in [0.4, 0.5) is 5.95 Å². The van der Waals surface area contributed by atoms with Crippen molar-refractivity contribution >= 4 is 17.1 Å². The summed E-state index contributed by atoms with van der Waals surface area (Å²) in [5.74, 6) is 0.661. The lowest BCUT2D eigenvalue weighted by atomic mass is 10.1. The molecule has 4 atom stereocenters. The third-order valence-electron chi connectivity index (χ3n) is 6.90. The molecule has 3 aromatic heterocycles. The number of rotatable bonds is 8. The van der Waals surface area contributed by atoms with Crippen LogP contribution < -0.4 is 21.3 Å². The first-order valence-electron chi connectivity index (χ1n) is 12.7. The second-order valence-electron chi connectivity index (χ2n) is 9.46. The lowest BCUT2D eigenvalue weighted by molar-refractivity contribution is -0.0342. The number of methoxy groups -OCH3 is 1. The second-order valence-corrected chi connectivity index (χ2v) is 9.46. The van der Waals surface area contributed by atoms with Crippen molar-refractivity contribution in [2.24, 2.45) is 0 Å². The molecule has 13 nitrogen and oxygen atoms in total. The van der Waals surface area contributed by atoms with Gasteiger partial charge in [-0.1, -0.05) is 18.2 Å². The maximum Gasteiger partial charge on any atom is 0.280 e. The monoisotopic (exact) mass is 544 g/mol. The number of nitrogen functional groups attached to an aromatic ring is 1. The molecular weight excluding hydrogens is 516 g/mol. The molecule has 0 spiro atoms. The largest absolute Gasteiger partial charge is 0.497 e. The molecule has 0 radical (unpaired) electrons. The fourth-order valence-electron chi connectivity index (χ4n) is 4.85. The number of fused-ring (bicyclic) bond motifs is 1. The van der Waals surface area contributed by atoms with Crippen LogP contribution in [-0.4, -0.2) is 71.5 Å². The van der Waals surface area contributed by atoms with Gasteiger partial charge in [-0.25, -0.2) is 9.67 Å². The minimum absolute atomic E-state index is 0.0579. The lowest BCUT2D eigenvalue weighted by Crippen LogP contribution is -2.37. The van der Waals surface area contributed by atoms with E-state index in [1.165, 1.54) is 10.9 Å². The third-order valence-corrected chi connectivity index (χ3v) is 6.90. The van der Waals surface area contributed by atoms with Crippen molar-refractivity contribution in [3.63, 3.8) is 0 Å². The number of para-hydroxylation sites is 1. The highest BCUT2D eigenvalue weighted by Crippen LogP contribution is 2.31. The predicted molar refractivity (Wildman–Crippen MR) is 146 cm³/mol. The van der Waals surface area contributed by atoms with Gasteiger partial charge in [-0.2, -0.15) is 10.1 Å². The number of nitrogens with zero attached hydrogens (tertiary/aromatic N) is 5. The molecule has 206 valence electrons. The summed E-state index contributed by atoms with van der Waals surface area (Å²) in [6, 6.07) is 17.5. The van der Waals surface area contributed by atoms with Gasteiger partial charge in [-0.15, -0.1) is 0 Å². The second kappa shape index (κ2) is 10.5. The summed E-state index contributed by atoms with van der Waals surface area (Å²) in [7, 11) is 1.62. The molecule has 2 aromatic carbocycles. The molecule has 0 unspecified atom stereocenters. The molecule has 13 heteroatoms. The number of anilines is 1. The van der Waals surface area contributed by atoms with Crippen molar-refractivity contribution in [3.05, 3.63) is 83.0 Å². The van der Waals surface area contributed by atoms with Crippen LogP contribution in [0.5, 0.6) is 5.75 Å². The van der Waals surface area contributed by atoms with E-state index in [9.17, 15) is 15.0 Å². The molecule has 0 saturated carbocycles. The third kappa shape index (κ3) is 4.71. The van der Waals surface area contributed by atoms with Crippen LogP contribution in [0.2, 0.25) is 0 Å². The average Bonchev–Trinajstić information content (AvgIpc) is 3.66. The van der Waals surface area contributed by atoms with Gasteiger partial charge in [0.2, 0.25) is 5.95 Å². The molecule has 1 fully saturated rings. The van der Waals surface area contributed by atoms with Crippen LogP contribution in [0.3, 0.4) is 0 Å². The van der Waals surface area contributed by atoms with Gasteiger partial charge in [-0.05, 0) is 36.4 Å². The molecule has 40 heavy (non-hydrogen) atoms. The van der Waals surface area contributed by atoms with Crippen molar-refractivity contribution in [1.82, 2.24) is 34.6 Å². The van der Waals surface area contributed by atoms with Crippen LogP contribution >= 0.6 is 0 Å². The number of aliphatic hydroxyl groups excluding tert-OH is 2. The van der Waals surface area contributed by atoms with Gasteiger partial charge in [0.1, 0.15) is 24.1 Å². The Morgan fingerprint density at radius 1 is 1.12 bits per heavy atom. The highest BCUT2D eigenvalue weighted by atomic mass is 16.6. The van der Waals surface area contributed by atoms with Gasteiger partial charge in [0, 0.05) is 30.4 Å². The zero-order chi connectivity index (χ0) is 27.8. The number of aliphatic hydroxyl groups is 2. The van der Waals surface area contributed by atoms with Crippen LogP contribution in [0.25, 0.3) is 28.1 Å². The van der Waals surface area contributed by atoms with Crippen LogP contribution in [0.15, 0.2) is 71.9 Å². The molecule has 5 aromatic rings. The number of nitrogens with one attached hydrogen (secondary N) is 2. The average molecular weight is 545 g/mol. The first kappa shape index (κ1) is 25.7. The normalized spacial score (nSPS) is 20.8. The SMILES string of the molecule is COc1ccc(-c2nn(-c3ccccc3)cc2CNC[C@H]2O[C@@H](n3cnc4c(=O)[nH]c(N)nc43)[C@H](O)[C@@H]2O)cc1. The van der Waals surface area contributed by atoms with E-state index in [0.717, 1.165) is 28.3 Å². The number of ether oxygens (including phenoxy) is 2. The van der Waals surface area contributed by atoms with Crippen molar-refractivity contribution in [2.45, 2.75) is 31.1 Å². The van der Waals surface area contributed by atoms with Crippen molar-refractivity contribution in [1.29, 1.82) is 0 Å². The minimum atomic E-state index is -1.28. The van der Waals surface area contributed by atoms with Crippen LogP contribution in [-0.2, 0) is 11.3 Å². The van der Waals surface area contributed by atoms with Gasteiger partial charge in [0.25, 0.3) is 5.56 Å². The van der Waals surface area contributed by atoms with Crippen LogP contribution in [0.1, 0.15) is 11.8 Å². The highest BCUT2D eigenvalue weighted by molar-refractivity contribution is 5.70. The Kier molecular flexibility index (Phi) is 6.77. The summed E-state index contributed by atoms with van der Waals surface area (Å²) in [6.07, 6.45) is -0.926. The summed E-state index contributed by atoms with van der Waals surface area (Å²) in [6.45, 7) is 0.652. The number of hydrogen-bond donors (Lipinski definition) is 5. The van der Waals surface area contributed by atoms with Crippen molar-refractivity contribution < 1.29 is 19.7 Å². The summed E-state index contributed by atoms with van der Waals surface area (Å²) in [4.78, 5) is 22.7. The Balaban J connectivity index is 1.20. The molecule has 1 saturated heterocycles. The Bertz CT molecular complexity index is 1680. The maximum atomic E-state index is 12.1. The lowest BCUT2D eigenvalue weighted by Gasteiger charge is -2.16. The maximum absolute atomic E-state index is 12.1. The van der Waals surface area contributed by atoms with Gasteiger partial charge in [-0.3, -0.25) is 14.3 Å². The van der Waals surface area contributed by atoms with Crippen LogP contribution in [0, 0.1) is 0 Å². The van der Waals surface area contributed by atoms with E-state index in [1.54, 1.807) is 7.11 Å². The molecule has 4 heterocycles.